The van der Waals surface area contributed by atoms with Gasteiger partial charge in [-0.1, -0.05) is 25.6 Å². The highest BCUT2D eigenvalue weighted by molar-refractivity contribution is 7.98. The Morgan fingerprint density at radius 3 is 2.51 bits per heavy atom. The molecule has 0 bridgehead atoms. The van der Waals surface area contributed by atoms with E-state index in [-0.39, 0.29) is 22.3 Å². The number of sulfonamides is 1. The van der Waals surface area contributed by atoms with Crippen LogP contribution in [0.3, 0.4) is 0 Å². The maximum atomic E-state index is 14.2. The second kappa shape index (κ2) is 10.5. The van der Waals surface area contributed by atoms with Crippen molar-refractivity contribution in [3.8, 4) is 0 Å². The zero-order valence-corrected chi connectivity index (χ0v) is 20.9. The van der Waals surface area contributed by atoms with Crippen molar-refractivity contribution in [2.75, 3.05) is 19.7 Å². The fourth-order valence-electron chi connectivity index (χ4n) is 4.11. The number of ether oxygens (including phenoxy) is 1. The summed E-state index contributed by atoms with van der Waals surface area (Å²) in [5, 5.41) is 0.400. The summed E-state index contributed by atoms with van der Waals surface area (Å²) in [5.74, 6) is -6.85. The van der Waals surface area contributed by atoms with Gasteiger partial charge in [-0.2, -0.15) is 4.31 Å². The topological polar surface area (TPSA) is 64.4 Å². The van der Waals surface area contributed by atoms with Crippen molar-refractivity contribution in [2.45, 2.75) is 55.1 Å². The van der Waals surface area contributed by atoms with Crippen LogP contribution in [-0.4, -0.2) is 48.1 Å². The molecule has 12 heteroatoms. The average Bonchev–Trinajstić information content (AvgIpc) is 3.47. The van der Waals surface area contributed by atoms with E-state index in [0.717, 1.165) is 24.6 Å². The van der Waals surface area contributed by atoms with E-state index in [1.807, 2.05) is 4.57 Å². The molecule has 2 aromatic carbocycles. The van der Waals surface area contributed by atoms with Crippen LogP contribution < -0.4 is 0 Å². The lowest BCUT2D eigenvalue weighted by Crippen LogP contribution is -2.30. The SMILES string of the molecule is CCN(CC)S(=O)(=O)c1ccc2c(c1)nc(SCc1cc(F)c(F)c(F)c1F)n2CC1CCCO1. The maximum absolute atomic E-state index is 14.2. The van der Waals surface area contributed by atoms with Crippen LogP contribution in [-0.2, 0) is 27.1 Å². The molecule has 0 amide bonds. The first-order valence-corrected chi connectivity index (χ1v) is 13.7. The summed E-state index contributed by atoms with van der Waals surface area (Å²) in [7, 11) is -3.71. The third kappa shape index (κ3) is 5.07. The van der Waals surface area contributed by atoms with Crippen LogP contribution in [0.4, 0.5) is 17.6 Å². The lowest BCUT2D eigenvalue weighted by molar-refractivity contribution is 0.0960. The Bertz CT molecular complexity index is 1340. The summed E-state index contributed by atoms with van der Waals surface area (Å²) >= 11 is 1.02. The molecular formula is C23H25F4N3O3S2. The molecule has 6 nitrogen and oxygen atoms in total. The van der Waals surface area contributed by atoms with Crippen LogP contribution in [0.2, 0.25) is 0 Å². The zero-order valence-electron chi connectivity index (χ0n) is 19.2. The number of hydrogen-bond acceptors (Lipinski definition) is 5. The van der Waals surface area contributed by atoms with Gasteiger partial charge in [0.05, 0.1) is 28.6 Å². The monoisotopic (exact) mass is 531 g/mol. The quantitative estimate of drug-likeness (QED) is 0.167. The molecule has 0 aliphatic carbocycles. The zero-order chi connectivity index (χ0) is 25.3. The standard InChI is InChI=1S/C23H25F4N3O3S2/c1-3-29(4-2)35(31,32)16-7-8-19-18(11-16)28-23(30(19)12-15-6-5-9-33-15)34-13-14-10-17(24)21(26)22(27)20(14)25/h7-8,10-11,15H,3-6,9,12-13H2,1-2H3. The van der Waals surface area contributed by atoms with E-state index in [0.29, 0.717) is 48.5 Å². The fourth-order valence-corrected chi connectivity index (χ4v) is 6.57. The van der Waals surface area contributed by atoms with Gasteiger partial charge in [-0.05, 0) is 37.1 Å². The molecule has 1 aliphatic heterocycles. The van der Waals surface area contributed by atoms with Crippen LogP contribution >= 0.6 is 11.8 Å². The van der Waals surface area contributed by atoms with Gasteiger partial charge < -0.3 is 9.30 Å². The molecule has 0 radical (unpaired) electrons. The summed E-state index contributed by atoms with van der Waals surface area (Å²) in [6.07, 6.45) is 1.66. The molecule has 1 unspecified atom stereocenters. The van der Waals surface area contributed by atoms with E-state index < -0.39 is 33.3 Å². The van der Waals surface area contributed by atoms with Gasteiger partial charge in [-0.3, -0.25) is 0 Å². The molecule has 3 aromatic rings. The molecule has 190 valence electrons. The van der Waals surface area contributed by atoms with E-state index in [2.05, 4.69) is 4.98 Å². The number of benzene rings is 2. The number of aromatic nitrogens is 2. The fraction of sp³-hybridized carbons (Fsp3) is 0.435. The molecule has 2 heterocycles. The third-order valence-electron chi connectivity index (χ3n) is 5.97. The normalized spacial score (nSPS) is 16.6. The van der Waals surface area contributed by atoms with E-state index in [1.54, 1.807) is 19.9 Å². The Labute approximate surface area is 205 Å². The van der Waals surface area contributed by atoms with Gasteiger partial charge in [-0.15, -0.1) is 0 Å². The predicted octanol–water partition coefficient (Wildman–Crippen LogP) is 5.09. The second-order valence-corrected chi connectivity index (χ2v) is 11.0. The van der Waals surface area contributed by atoms with Crippen LogP contribution in [0.15, 0.2) is 34.3 Å². The predicted molar refractivity (Wildman–Crippen MR) is 125 cm³/mol. The second-order valence-electron chi connectivity index (χ2n) is 8.13. The summed E-state index contributed by atoms with van der Waals surface area (Å²) in [5.41, 5.74) is 0.723. The highest BCUT2D eigenvalue weighted by atomic mass is 32.2. The lowest BCUT2D eigenvalue weighted by Gasteiger charge is -2.18. The van der Waals surface area contributed by atoms with Crippen molar-refractivity contribution in [2.24, 2.45) is 0 Å². The van der Waals surface area contributed by atoms with Crippen molar-refractivity contribution in [1.29, 1.82) is 0 Å². The molecule has 1 aliphatic rings. The number of rotatable bonds is 9. The molecule has 0 spiro atoms. The molecular weight excluding hydrogens is 506 g/mol. The summed E-state index contributed by atoms with van der Waals surface area (Å²) in [6.45, 7) is 5.21. The smallest absolute Gasteiger partial charge is 0.243 e. The van der Waals surface area contributed by atoms with E-state index in [9.17, 15) is 26.0 Å². The Morgan fingerprint density at radius 1 is 1.11 bits per heavy atom. The van der Waals surface area contributed by atoms with Crippen molar-refractivity contribution >= 4 is 32.8 Å². The van der Waals surface area contributed by atoms with Crippen LogP contribution in [0.1, 0.15) is 32.3 Å². The van der Waals surface area contributed by atoms with Crippen LogP contribution in [0.5, 0.6) is 0 Å². The Kier molecular flexibility index (Phi) is 7.74. The van der Waals surface area contributed by atoms with Gasteiger partial charge in [0.25, 0.3) is 0 Å². The Hall–Kier alpha value is -2.15. The first-order chi connectivity index (χ1) is 16.7. The summed E-state index contributed by atoms with van der Waals surface area (Å²) in [4.78, 5) is 4.65. The first-order valence-electron chi connectivity index (χ1n) is 11.2. The number of halogens is 4. The van der Waals surface area contributed by atoms with E-state index in [1.165, 1.54) is 16.4 Å². The lowest BCUT2D eigenvalue weighted by atomic mass is 10.2. The van der Waals surface area contributed by atoms with E-state index in [4.69, 9.17) is 4.74 Å². The number of thioether (sulfide) groups is 1. The molecule has 4 rings (SSSR count). The van der Waals surface area contributed by atoms with Gasteiger partial charge in [-0.25, -0.2) is 31.0 Å². The van der Waals surface area contributed by atoms with E-state index >= 15 is 0 Å². The Morgan fingerprint density at radius 2 is 1.86 bits per heavy atom. The maximum Gasteiger partial charge on any atom is 0.243 e. The minimum Gasteiger partial charge on any atom is -0.376 e. The molecule has 35 heavy (non-hydrogen) atoms. The largest absolute Gasteiger partial charge is 0.376 e. The highest BCUT2D eigenvalue weighted by Gasteiger charge is 2.25. The summed E-state index contributed by atoms with van der Waals surface area (Å²) in [6, 6.07) is 5.29. The van der Waals surface area contributed by atoms with Gasteiger partial charge >= 0.3 is 0 Å². The van der Waals surface area contributed by atoms with Crippen LogP contribution in [0, 0.1) is 23.3 Å². The number of nitrogens with zero attached hydrogens (tertiary/aromatic N) is 3. The van der Waals surface area contributed by atoms with Crippen molar-refractivity contribution < 1.29 is 30.7 Å². The first kappa shape index (κ1) is 25.9. The molecule has 1 saturated heterocycles. The van der Waals surface area contributed by atoms with Crippen molar-refractivity contribution in [3.05, 3.63) is 53.1 Å². The van der Waals surface area contributed by atoms with Crippen molar-refractivity contribution in [1.82, 2.24) is 13.9 Å². The molecule has 1 atom stereocenters. The minimum atomic E-state index is -3.71. The summed E-state index contributed by atoms with van der Waals surface area (Å²) < 4.78 is 89.7. The minimum absolute atomic E-state index is 0.0803. The van der Waals surface area contributed by atoms with Gasteiger partial charge in [0.15, 0.2) is 28.4 Å². The molecule has 0 saturated carbocycles. The number of hydrogen-bond donors (Lipinski definition) is 0. The van der Waals surface area contributed by atoms with Crippen molar-refractivity contribution in [3.63, 3.8) is 0 Å². The highest BCUT2D eigenvalue weighted by Crippen LogP contribution is 2.32. The third-order valence-corrected chi connectivity index (χ3v) is 9.04. The Balaban J connectivity index is 1.72. The molecule has 0 N–H and O–H groups in total. The number of fused-ring (bicyclic) bond motifs is 1. The number of imidazole rings is 1. The molecule has 1 fully saturated rings. The van der Waals surface area contributed by atoms with Crippen LogP contribution in [0.25, 0.3) is 11.0 Å². The van der Waals surface area contributed by atoms with Gasteiger partial charge in [0.2, 0.25) is 10.0 Å². The van der Waals surface area contributed by atoms with Gasteiger partial charge in [0.1, 0.15) is 0 Å². The molecule has 1 aromatic heterocycles. The van der Waals surface area contributed by atoms with Gasteiger partial charge in [0, 0.05) is 31.0 Å². The average molecular weight is 532 g/mol.